The van der Waals surface area contributed by atoms with Gasteiger partial charge in [0.25, 0.3) is 0 Å². The van der Waals surface area contributed by atoms with Crippen molar-refractivity contribution < 1.29 is 13.2 Å². The van der Waals surface area contributed by atoms with Crippen molar-refractivity contribution in [1.29, 1.82) is 0 Å². The molecule has 1 aliphatic rings. The highest BCUT2D eigenvalue weighted by atomic mass is 32.2. The van der Waals surface area contributed by atoms with E-state index in [9.17, 15) is 13.2 Å². The zero-order valence-corrected chi connectivity index (χ0v) is 17.2. The molecule has 0 fully saturated rings. The van der Waals surface area contributed by atoms with E-state index in [-0.39, 0.29) is 24.6 Å². The van der Waals surface area contributed by atoms with E-state index in [1.807, 2.05) is 49.5 Å². The summed E-state index contributed by atoms with van der Waals surface area (Å²) in [4.78, 5) is 18.8. The van der Waals surface area contributed by atoms with Crippen LogP contribution in [0, 0.1) is 0 Å². The number of aromatic nitrogens is 4. The van der Waals surface area contributed by atoms with E-state index in [2.05, 4.69) is 15.2 Å². The molecule has 0 radical (unpaired) electrons. The quantitative estimate of drug-likeness (QED) is 0.599. The lowest BCUT2D eigenvalue weighted by atomic mass is 10.2. The number of benzene rings is 1. The van der Waals surface area contributed by atoms with Crippen molar-refractivity contribution in [1.82, 2.24) is 24.6 Å². The molecule has 0 bridgehead atoms. The lowest BCUT2D eigenvalue weighted by Gasteiger charge is -2.27. The summed E-state index contributed by atoms with van der Waals surface area (Å²) in [5.41, 5.74) is 1.78. The molecule has 1 atom stereocenters. The van der Waals surface area contributed by atoms with Crippen LogP contribution in [0.3, 0.4) is 0 Å². The Labute approximate surface area is 174 Å². The lowest BCUT2D eigenvalue weighted by Crippen LogP contribution is -2.41. The molecule has 154 valence electrons. The maximum absolute atomic E-state index is 13.2. The Balaban J connectivity index is 1.58. The van der Waals surface area contributed by atoms with Crippen LogP contribution in [0.4, 0.5) is 0 Å². The Hall–Kier alpha value is -3.33. The van der Waals surface area contributed by atoms with Crippen molar-refractivity contribution in [2.45, 2.75) is 19.0 Å². The maximum Gasteiger partial charge on any atom is 0.231 e. The first kappa shape index (κ1) is 20.0. The summed E-state index contributed by atoms with van der Waals surface area (Å²) in [7, 11) is -1.48. The summed E-state index contributed by atoms with van der Waals surface area (Å²) in [5.74, 6) is 0.859. The Morgan fingerprint density at radius 3 is 2.53 bits per heavy atom. The number of nitrogens with zero attached hydrogens (tertiary/aromatic N) is 5. The van der Waals surface area contributed by atoms with Crippen LogP contribution >= 0.6 is 0 Å². The molecule has 1 unspecified atom stereocenters. The Morgan fingerprint density at radius 2 is 1.87 bits per heavy atom. The van der Waals surface area contributed by atoms with Crippen LogP contribution in [0.2, 0.25) is 0 Å². The minimum absolute atomic E-state index is 0.0196. The minimum Gasteiger partial charge on any atom is -0.330 e. The second-order valence-corrected chi connectivity index (χ2v) is 9.08. The van der Waals surface area contributed by atoms with Gasteiger partial charge in [-0.25, -0.2) is 8.42 Å². The van der Waals surface area contributed by atoms with Crippen molar-refractivity contribution in [3.8, 4) is 11.4 Å². The van der Waals surface area contributed by atoms with Crippen molar-refractivity contribution in [3.63, 3.8) is 0 Å². The first-order valence-electron chi connectivity index (χ1n) is 9.46. The molecule has 30 heavy (non-hydrogen) atoms. The van der Waals surface area contributed by atoms with Crippen molar-refractivity contribution in [2.24, 2.45) is 7.05 Å². The number of amides is 1. The molecular weight excluding hydrogens is 402 g/mol. The molecule has 8 nitrogen and oxygen atoms in total. The topological polar surface area (TPSA) is 98.1 Å². The van der Waals surface area contributed by atoms with Gasteiger partial charge in [-0.3, -0.25) is 9.78 Å². The van der Waals surface area contributed by atoms with E-state index >= 15 is 0 Å². The third kappa shape index (κ3) is 4.30. The standard InChI is InChI=1S/C21H21N5O3S/c1-25-19(23-24-21(25)17-5-3-2-4-6-17)13-20(27)26(14-16-7-10-22-11-8-16)18-9-12-30(28,29)15-18/h2-12,18H,13-15H2,1H3. The molecule has 1 aromatic carbocycles. The molecule has 1 amide bonds. The zero-order valence-electron chi connectivity index (χ0n) is 16.4. The minimum atomic E-state index is -3.30. The van der Waals surface area contributed by atoms with Crippen LogP contribution in [0.1, 0.15) is 11.4 Å². The SMILES string of the molecule is Cn1c(CC(=O)N(Cc2ccncc2)C2C=CS(=O)(=O)C2)nnc1-c1ccccc1. The van der Waals surface area contributed by atoms with Crippen molar-refractivity contribution in [3.05, 3.63) is 77.7 Å². The van der Waals surface area contributed by atoms with E-state index in [1.54, 1.807) is 27.9 Å². The second kappa shape index (κ2) is 8.19. The molecule has 0 saturated carbocycles. The average molecular weight is 423 g/mol. The number of hydrogen-bond donors (Lipinski definition) is 0. The van der Waals surface area contributed by atoms with Gasteiger partial charge in [-0.05, 0) is 23.8 Å². The van der Waals surface area contributed by atoms with Crippen LogP contribution < -0.4 is 0 Å². The molecule has 4 rings (SSSR count). The van der Waals surface area contributed by atoms with Crippen LogP contribution in [0.25, 0.3) is 11.4 Å². The summed E-state index contributed by atoms with van der Waals surface area (Å²) < 4.78 is 25.7. The summed E-state index contributed by atoms with van der Waals surface area (Å²) >= 11 is 0. The fourth-order valence-corrected chi connectivity index (χ4v) is 4.72. The van der Waals surface area contributed by atoms with Crippen molar-refractivity contribution >= 4 is 15.7 Å². The van der Waals surface area contributed by atoms with E-state index in [0.29, 0.717) is 11.6 Å². The first-order valence-corrected chi connectivity index (χ1v) is 11.2. The van der Waals surface area contributed by atoms with Crippen molar-refractivity contribution in [2.75, 3.05) is 5.75 Å². The molecule has 3 aromatic rings. The summed E-state index contributed by atoms with van der Waals surface area (Å²) in [6.07, 6.45) is 4.88. The molecular formula is C21H21N5O3S. The zero-order chi connectivity index (χ0) is 21.1. The molecule has 9 heteroatoms. The second-order valence-electron chi connectivity index (χ2n) is 7.14. The normalized spacial score (nSPS) is 17.2. The number of hydrogen-bond acceptors (Lipinski definition) is 6. The predicted molar refractivity (Wildman–Crippen MR) is 112 cm³/mol. The van der Waals surface area contributed by atoms with E-state index in [0.717, 1.165) is 11.1 Å². The van der Waals surface area contributed by atoms with Crippen LogP contribution in [0.15, 0.2) is 66.3 Å². The lowest BCUT2D eigenvalue weighted by molar-refractivity contribution is -0.132. The fraction of sp³-hybridized carbons (Fsp3) is 0.238. The van der Waals surface area contributed by atoms with Gasteiger partial charge in [0.15, 0.2) is 15.7 Å². The van der Waals surface area contributed by atoms with Gasteiger partial charge in [0.05, 0.1) is 18.2 Å². The van der Waals surface area contributed by atoms with Crippen LogP contribution in [-0.2, 0) is 34.6 Å². The number of carbonyl (C=O) groups is 1. The van der Waals surface area contributed by atoms with Gasteiger partial charge in [-0.1, -0.05) is 30.3 Å². The Bertz CT molecular complexity index is 1170. The molecule has 0 saturated heterocycles. The van der Waals surface area contributed by atoms with E-state index in [4.69, 9.17) is 0 Å². The Kier molecular flexibility index (Phi) is 5.45. The van der Waals surface area contributed by atoms with Crippen LogP contribution in [-0.4, -0.2) is 50.8 Å². The molecule has 0 spiro atoms. The van der Waals surface area contributed by atoms with Gasteiger partial charge in [-0.2, -0.15) is 0 Å². The number of rotatable bonds is 6. The average Bonchev–Trinajstić information content (AvgIpc) is 3.29. The molecule has 0 aliphatic carbocycles. The fourth-order valence-electron chi connectivity index (χ4n) is 3.42. The van der Waals surface area contributed by atoms with Gasteiger partial charge in [0, 0.05) is 37.0 Å². The van der Waals surface area contributed by atoms with E-state index in [1.165, 1.54) is 5.41 Å². The molecule has 1 aliphatic heterocycles. The molecule has 0 N–H and O–H groups in total. The van der Waals surface area contributed by atoms with Gasteiger partial charge in [0.2, 0.25) is 5.91 Å². The third-order valence-corrected chi connectivity index (χ3v) is 6.42. The number of pyridine rings is 1. The summed E-state index contributed by atoms with van der Waals surface area (Å²) in [6.45, 7) is 0.287. The third-order valence-electron chi connectivity index (χ3n) is 5.04. The van der Waals surface area contributed by atoms with Gasteiger partial charge >= 0.3 is 0 Å². The largest absolute Gasteiger partial charge is 0.330 e. The van der Waals surface area contributed by atoms with Gasteiger partial charge in [-0.15, -0.1) is 10.2 Å². The maximum atomic E-state index is 13.2. The highest BCUT2D eigenvalue weighted by Gasteiger charge is 2.31. The first-order chi connectivity index (χ1) is 14.4. The monoisotopic (exact) mass is 423 g/mol. The summed E-state index contributed by atoms with van der Waals surface area (Å²) in [6, 6.07) is 12.7. The summed E-state index contributed by atoms with van der Waals surface area (Å²) in [5, 5.41) is 9.60. The number of carbonyl (C=O) groups excluding carboxylic acids is 1. The Morgan fingerprint density at radius 1 is 1.13 bits per heavy atom. The van der Waals surface area contributed by atoms with Gasteiger partial charge < -0.3 is 9.47 Å². The predicted octanol–water partition coefficient (Wildman–Crippen LogP) is 1.76. The smallest absolute Gasteiger partial charge is 0.231 e. The van der Waals surface area contributed by atoms with Crippen LogP contribution in [0.5, 0.6) is 0 Å². The highest BCUT2D eigenvalue weighted by Crippen LogP contribution is 2.20. The van der Waals surface area contributed by atoms with E-state index < -0.39 is 15.9 Å². The highest BCUT2D eigenvalue weighted by molar-refractivity contribution is 7.94. The number of sulfone groups is 1. The molecule has 2 aromatic heterocycles. The van der Waals surface area contributed by atoms with Gasteiger partial charge in [0.1, 0.15) is 5.82 Å². The molecule has 3 heterocycles.